The van der Waals surface area contributed by atoms with Crippen LogP contribution in [-0.4, -0.2) is 53.8 Å². The lowest BCUT2D eigenvalue weighted by Gasteiger charge is -2.37. The van der Waals surface area contributed by atoms with E-state index in [1.54, 1.807) is 20.8 Å². The minimum atomic E-state index is -1.23. The second kappa shape index (κ2) is 5.42. The van der Waals surface area contributed by atoms with Gasteiger partial charge in [0.2, 0.25) is 0 Å². The van der Waals surface area contributed by atoms with Crippen molar-refractivity contribution in [3.8, 4) is 6.19 Å². The topological polar surface area (TPSA) is 56.6 Å². The van der Waals surface area contributed by atoms with Crippen LogP contribution in [0.25, 0.3) is 0 Å². The molecule has 0 bridgehead atoms. The predicted molar refractivity (Wildman–Crippen MR) is 64.5 cm³/mol. The van der Waals surface area contributed by atoms with E-state index in [-0.39, 0.29) is 6.54 Å². The van der Waals surface area contributed by atoms with Gasteiger partial charge >= 0.3 is 6.09 Å². The number of likely N-dealkylation sites (tertiary alicyclic amines) is 1. The molecule has 1 aliphatic rings. The monoisotopic (exact) mass is 257 g/mol. The molecule has 1 saturated heterocycles. The zero-order valence-corrected chi connectivity index (χ0v) is 11.3. The summed E-state index contributed by atoms with van der Waals surface area (Å²) in [5.74, 6) is 0. The zero-order valence-electron chi connectivity index (χ0n) is 11.3. The van der Waals surface area contributed by atoms with Gasteiger partial charge in [0.15, 0.2) is 6.19 Å². The van der Waals surface area contributed by atoms with Crippen molar-refractivity contribution >= 4 is 6.09 Å². The molecular formula is C12H20FN3O2. The normalized spacial score (nSPS) is 24.3. The van der Waals surface area contributed by atoms with Gasteiger partial charge < -0.3 is 14.5 Å². The van der Waals surface area contributed by atoms with Crippen LogP contribution in [0.2, 0.25) is 0 Å². The lowest BCUT2D eigenvalue weighted by Crippen LogP contribution is -2.52. The Hall–Kier alpha value is -1.51. The Balaban J connectivity index is 2.60. The van der Waals surface area contributed by atoms with Gasteiger partial charge in [-0.05, 0) is 27.2 Å². The molecule has 0 aromatic carbocycles. The van der Waals surface area contributed by atoms with Crippen LogP contribution in [0, 0.1) is 11.5 Å². The fourth-order valence-corrected chi connectivity index (χ4v) is 1.89. The Morgan fingerprint density at radius 2 is 2.17 bits per heavy atom. The molecular weight excluding hydrogens is 237 g/mol. The van der Waals surface area contributed by atoms with Crippen LogP contribution in [0.4, 0.5) is 9.18 Å². The number of nitrogens with zero attached hydrogens (tertiary/aromatic N) is 3. The maximum atomic E-state index is 13.9. The summed E-state index contributed by atoms with van der Waals surface area (Å²) in [6.45, 7) is 5.81. The predicted octanol–water partition coefficient (Wildman–Crippen LogP) is 1.75. The number of carbonyl (C=O) groups is 1. The van der Waals surface area contributed by atoms with Crippen LogP contribution >= 0.6 is 0 Å². The van der Waals surface area contributed by atoms with E-state index >= 15 is 0 Å². The third kappa shape index (κ3) is 3.76. The largest absolute Gasteiger partial charge is 0.444 e. The van der Waals surface area contributed by atoms with Gasteiger partial charge in [0, 0.05) is 13.6 Å². The Labute approximate surface area is 107 Å². The number of ether oxygens (including phenoxy) is 1. The summed E-state index contributed by atoms with van der Waals surface area (Å²) < 4.78 is 19.1. The lowest BCUT2D eigenvalue weighted by molar-refractivity contribution is 0.00286. The molecule has 0 saturated carbocycles. The highest BCUT2D eigenvalue weighted by molar-refractivity contribution is 5.68. The number of halogens is 1. The Bertz CT molecular complexity index is 348. The van der Waals surface area contributed by atoms with E-state index in [0.717, 1.165) is 0 Å². The summed E-state index contributed by atoms with van der Waals surface area (Å²) in [4.78, 5) is 14.5. The molecule has 1 heterocycles. The van der Waals surface area contributed by atoms with E-state index in [1.807, 2.05) is 6.19 Å². The van der Waals surface area contributed by atoms with Gasteiger partial charge in [-0.3, -0.25) is 0 Å². The SMILES string of the molecule is CN(C(=O)OC(C)(C)C)[C@@H]1CCN(C#N)C[C@@H]1F. The molecule has 0 aromatic heterocycles. The fraction of sp³-hybridized carbons (Fsp3) is 0.833. The highest BCUT2D eigenvalue weighted by atomic mass is 19.1. The molecule has 1 rings (SSSR count). The molecule has 102 valence electrons. The van der Waals surface area contributed by atoms with E-state index < -0.39 is 23.9 Å². The van der Waals surface area contributed by atoms with Gasteiger partial charge in [-0.15, -0.1) is 0 Å². The number of carbonyl (C=O) groups excluding carboxylic acids is 1. The molecule has 0 aliphatic carbocycles. The molecule has 5 nitrogen and oxygen atoms in total. The molecule has 6 heteroatoms. The summed E-state index contributed by atoms with van der Waals surface area (Å²) in [5.41, 5.74) is -0.593. The van der Waals surface area contributed by atoms with Crippen molar-refractivity contribution in [2.45, 2.75) is 45.0 Å². The van der Waals surface area contributed by atoms with Crippen molar-refractivity contribution in [2.75, 3.05) is 20.1 Å². The lowest BCUT2D eigenvalue weighted by atomic mass is 10.0. The highest BCUT2D eigenvalue weighted by Gasteiger charge is 2.35. The Kier molecular flexibility index (Phi) is 4.38. The number of amides is 1. The van der Waals surface area contributed by atoms with Gasteiger partial charge in [-0.2, -0.15) is 5.26 Å². The first-order chi connectivity index (χ1) is 8.24. The molecule has 0 N–H and O–H groups in total. The van der Waals surface area contributed by atoms with E-state index in [9.17, 15) is 9.18 Å². The summed E-state index contributed by atoms with van der Waals surface area (Å²) >= 11 is 0. The van der Waals surface area contributed by atoms with Gasteiger partial charge in [-0.25, -0.2) is 9.18 Å². The van der Waals surface area contributed by atoms with Crippen LogP contribution < -0.4 is 0 Å². The van der Waals surface area contributed by atoms with Crippen LogP contribution in [-0.2, 0) is 4.74 Å². The molecule has 0 aromatic rings. The van der Waals surface area contributed by atoms with Crippen molar-refractivity contribution in [1.82, 2.24) is 9.80 Å². The fourth-order valence-electron chi connectivity index (χ4n) is 1.89. The van der Waals surface area contributed by atoms with Gasteiger partial charge in [0.25, 0.3) is 0 Å². The molecule has 1 amide bonds. The van der Waals surface area contributed by atoms with Crippen molar-refractivity contribution < 1.29 is 13.9 Å². The minimum Gasteiger partial charge on any atom is -0.444 e. The second-order valence-corrected chi connectivity index (χ2v) is 5.51. The molecule has 0 spiro atoms. The first-order valence-corrected chi connectivity index (χ1v) is 5.99. The van der Waals surface area contributed by atoms with Crippen molar-refractivity contribution in [2.24, 2.45) is 0 Å². The number of hydrogen-bond acceptors (Lipinski definition) is 4. The Morgan fingerprint density at radius 3 is 2.61 bits per heavy atom. The first-order valence-electron chi connectivity index (χ1n) is 5.99. The molecule has 18 heavy (non-hydrogen) atoms. The molecule has 0 unspecified atom stereocenters. The summed E-state index contributed by atoms with van der Waals surface area (Å²) in [6, 6.07) is -0.524. The van der Waals surface area contributed by atoms with E-state index in [2.05, 4.69) is 0 Å². The van der Waals surface area contributed by atoms with Crippen LogP contribution in [0.3, 0.4) is 0 Å². The number of rotatable bonds is 1. The zero-order chi connectivity index (χ0) is 13.9. The number of hydrogen-bond donors (Lipinski definition) is 0. The van der Waals surface area contributed by atoms with E-state index in [4.69, 9.17) is 10.00 Å². The molecule has 0 radical (unpaired) electrons. The standard InChI is InChI=1S/C12H20FN3O2/c1-12(2,3)18-11(17)15(4)10-5-6-16(8-14)7-9(10)13/h9-10H,5-7H2,1-4H3/t9-,10+/m0/s1. The molecule has 1 fully saturated rings. The Morgan fingerprint density at radius 1 is 1.56 bits per heavy atom. The number of nitriles is 1. The second-order valence-electron chi connectivity index (χ2n) is 5.51. The van der Waals surface area contributed by atoms with Crippen LogP contribution in [0.1, 0.15) is 27.2 Å². The minimum absolute atomic E-state index is 0.0360. The summed E-state index contributed by atoms with van der Waals surface area (Å²) in [5, 5.41) is 8.70. The number of alkyl halides is 1. The van der Waals surface area contributed by atoms with Gasteiger partial charge in [-0.1, -0.05) is 0 Å². The molecule has 2 atom stereocenters. The van der Waals surface area contributed by atoms with Crippen LogP contribution in [0.15, 0.2) is 0 Å². The average molecular weight is 257 g/mol. The van der Waals surface area contributed by atoms with Crippen molar-refractivity contribution in [3.05, 3.63) is 0 Å². The third-order valence-electron chi connectivity index (χ3n) is 2.83. The third-order valence-corrected chi connectivity index (χ3v) is 2.83. The molecule has 1 aliphatic heterocycles. The van der Waals surface area contributed by atoms with E-state index in [1.165, 1.54) is 16.8 Å². The smallest absolute Gasteiger partial charge is 0.410 e. The summed E-state index contributed by atoms with van der Waals surface area (Å²) in [6.07, 6.45) is 0.602. The van der Waals surface area contributed by atoms with Crippen LogP contribution in [0.5, 0.6) is 0 Å². The number of piperidine rings is 1. The van der Waals surface area contributed by atoms with Crippen molar-refractivity contribution in [1.29, 1.82) is 5.26 Å². The summed E-state index contributed by atoms with van der Waals surface area (Å²) in [7, 11) is 1.54. The van der Waals surface area contributed by atoms with E-state index in [0.29, 0.717) is 13.0 Å². The van der Waals surface area contributed by atoms with Crippen molar-refractivity contribution in [3.63, 3.8) is 0 Å². The quantitative estimate of drug-likeness (QED) is 0.671. The maximum absolute atomic E-state index is 13.9. The van der Waals surface area contributed by atoms with Gasteiger partial charge in [0.05, 0.1) is 12.6 Å². The average Bonchev–Trinajstić information content (AvgIpc) is 2.25. The maximum Gasteiger partial charge on any atom is 0.410 e. The first kappa shape index (κ1) is 14.6. The highest BCUT2D eigenvalue weighted by Crippen LogP contribution is 2.20. The van der Waals surface area contributed by atoms with Gasteiger partial charge in [0.1, 0.15) is 11.8 Å².